The summed E-state index contributed by atoms with van der Waals surface area (Å²) >= 11 is 1.67. The van der Waals surface area contributed by atoms with Crippen LogP contribution in [-0.4, -0.2) is 18.1 Å². The lowest BCUT2D eigenvalue weighted by molar-refractivity contribution is 0.415. The first-order chi connectivity index (χ1) is 9.58. The maximum Gasteiger partial charge on any atom is 0.193 e. The molecule has 0 atom stereocenters. The molecule has 0 aliphatic rings. The Morgan fingerprint density at radius 2 is 2.00 bits per heavy atom. The van der Waals surface area contributed by atoms with Crippen LogP contribution in [-0.2, 0) is 6.54 Å². The minimum atomic E-state index is 0. The van der Waals surface area contributed by atoms with E-state index in [2.05, 4.69) is 15.3 Å². The third kappa shape index (κ3) is 5.16. The Morgan fingerprint density at radius 3 is 2.52 bits per heavy atom. The van der Waals surface area contributed by atoms with Crippen molar-refractivity contribution in [2.75, 3.05) is 12.4 Å². The van der Waals surface area contributed by atoms with Crippen molar-refractivity contribution in [3.05, 3.63) is 39.8 Å². The summed E-state index contributed by atoms with van der Waals surface area (Å²) < 4.78 is 5.10. The minimum absolute atomic E-state index is 0. The average Bonchev–Trinajstić information content (AvgIpc) is 2.75. The van der Waals surface area contributed by atoms with Gasteiger partial charge >= 0.3 is 0 Å². The van der Waals surface area contributed by atoms with Gasteiger partial charge in [-0.15, -0.1) is 35.3 Å². The SMILES string of the molecule is COc1ccc(NC(N)=NCc2nc(C)sc2C)cc1.I. The zero-order chi connectivity index (χ0) is 14.5. The molecule has 0 aliphatic carbocycles. The van der Waals surface area contributed by atoms with Gasteiger partial charge in [-0.1, -0.05) is 0 Å². The molecule has 0 unspecified atom stereocenters. The number of methoxy groups -OCH3 is 1. The summed E-state index contributed by atoms with van der Waals surface area (Å²) in [5.41, 5.74) is 7.72. The molecule has 7 heteroatoms. The normalized spacial score (nSPS) is 10.9. The number of nitrogens with two attached hydrogens (primary N) is 1. The topological polar surface area (TPSA) is 72.5 Å². The van der Waals surface area contributed by atoms with E-state index in [0.717, 1.165) is 22.1 Å². The lowest BCUT2D eigenvalue weighted by atomic mass is 10.3. The van der Waals surface area contributed by atoms with E-state index in [0.29, 0.717) is 12.5 Å². The van der Waals surface area contributed by atoms with Crippen molar-refractivity contribution in [1.82, 2.24) is 4.98 Å². The van der Waals surface area contributed by atoms with Crippen molar-refractivity contribution in [2.45, 2.75) is 20.4 Å². The smallest absolute Gasteiger partial charge is 0.193 e. The molecule has 1 aromatic heterocycles. The summed E-state index contributed by atoms with van der Waals surface area (Å²) in [4.78, 5) is 9.91. The summed E-state index contributed by atoms with van der Waals surface area (Å²) in [6.45, 7) is 4.53. The third-order valence-corrected chi connectivity index (χ3v) is 3.69. The Morgan fingerprint density at radius 1 is 1.33 bits per heavy atom. The first-order valence-electron chi connectivity index (χ1n) is 6.22. The number of thiazole rings is 1. The zero-order valence-electron chi connectivity index (χ0n) is 12.2. The van der Waals surface area contributed by atoms with Gasteiger partial charge in [0, 0.05) is 10.6 Å². The number of aliphatic imine (C=N–C) groups is 1. The van der Waals surface area contributed by atoms with Gasteiger partial charge in [0.1, 0.15) is 5.75 Å². The van der Waals surface area contributed by atoms with E-state index in [-0.39, 0.29) is 24.0 Å². The molecule has 0 bridgehead atoms. The molecular weight excluding hydrogens is 399 g/mol. The van der Waals surface area contributed by atoms with E-state index in [9.17, 15) is 0 Å². The van der Waals surface area contributed by atoms with Crippen molar-refractivity contribution < 1.29 is 4.74 Å². The van der Waals surface area contributed by atoms with E-state index in [1.165, 1.54) is 4.88 Å². The first-order valence-corrected chi connectivity index (χ1v) is 7.04. The number of anilines is 1. The van der Waals surface area contributed by atoms with Crippen LogP contribution in [0, 0.1) is 13.8 Å². The zero-order valence-corrected chi connectivity index (χ0v) is 15.4. The second kappa shape index (κ2) is 8.18. The van der Waals surface area contributed by atoms with Crippen LogP contribution in [0.3, 0.4) is 0 Å². The van der Waals surface area contributed by atoms with Gasteiger partial charge in [0.2, 0.25) is 0 Å². The lowest BCUT2D eigenvalue weighted by Gasteiger charge is -2.06. The van der Waals surface area contributed by atoms with Gasteiger partial charge in [-0.3, -0.25) is 0 Å². The highest BCUT2D eigenvalue weighted by Gasteiger charge is 2.04. The minimum Gasteiger partial charge on any atom is -0.497 e. The molecule has 0 amide bonds. The Balaban J connectivity index is 0.00000220. The van der Waals surface area contributed by atoms with E-state index in [4.69, 9.17) is 10.5 Å². The number of benzene rings is 1. The lowest BCUT2D eigenvalue weighted by Crippen LogP contribution is -2.22. The predicted octanol–water partition coefficient (Wildman–Crippen LogP) is 3.31. The number of hydrogen-bond donors (Lipinski definition) is 2. The van der Waals surface area contributed by atoms with E-state index in [1.807, 2.05) is 38.1 Å². The molecule has 5 nitrogen and oxygen atoms in total. The van der Waals surface area contributed by atoms with Gasteiger partial charge < -0.3 is 15.8 Å². The molecule has 2 aromatic rings. The average molecular weight is 418 g/mol. The van der Waals surface area contributed by atoms with E-state index in [1.54, 1.807) is 18.4 Å². The van der Waals surface area contributed by atoms with Crippen LogP contribution in [0.5, 0.6) is 5.75 Å². The highest BCUT2D eigenvalue weighted by molar-refractivity contribution is 14.0. The summed E-state index contributed by atoms with van der Waals surface area (Å²) in [7, 11) is 1.64. The number of rotatable bonds is 4. The molecule has 21 heavy (non-hydrogen) atoms. The van der Waals surface area contributed by atoms with Crippen LogP contribution in [0.15, 0.2) is 29.3 Å². The number of hydrogen-bond acceptors (Lipinski definition) is 4. The number of ether oxygens (including phenoxy) is 1. The number of nitrogens with zero attached hydrogens (tertiary/aromatic N) is 2. The first kappa shape index (κ1) is 17.7. The number of guanidine groups is 1. The van der Waals surface area contributed by atoms with Gasteiger partial charge in [0.05, 0.1) is 24.4 Å². The quantitative estimate of drug-likeness (QED) is 0.454. The molecule has 0 spiro atoms. The summed E-state index contributed by atoms with van der Waals surface area (Å²) in [5, 5.41) is 4.09. The highest BCUT2D eigenvalue weighted by Crippen LogP contribution is 2.17. The van der Waals surface area contributed by atoms with Crippen LogP contribution in [0.2, 0.25) is 0 Å². The van der Waals surface area contributed by atoms with Crippen LogP contribution < -0.4 is 15.8 Å². The molecule has 0 saturated heterocycles. The summed E-state index contributed by atoms with van der Waals surface area (Å²) in [5.74, 6) is 1.18. The number of aromatic nitrogens is 1. The molecule has 2 rings (SSSR count). The van der Waals surface area contributed by atoms with Crippen molar-refractivity contribution in [2.24, 2.45) is 10.7 Å². The van der Waals surface area contributed by atoms with E-state index >= 15 is 0 Å². The molecule has 1 heterocycles. The van der Waals surface area contributed by atoms with Crippen molar-refractivity contribution in [3.8, 4) is 5.75 Å². The van der Waals surface area contributed by atoms with Crippen LogP contribution in [0.1, 0.15) is 15.6 Å². The number of halogens is 1. The maximum atomic E-state index is 5.86. The maximum absolute atomic E-state index is 5.86. The summed E-state index contributed by atoms with van der Waals surface area (Å²) in [6, 6.07) is 7.51. The van der Waals surface area contributed by atoms with Gasteiger partial charge in [-0.05, 0) is 38.1 Å². The van der Waals surface area contributed by atoms with Gasteiger partial charge in [0.25, 0.3) is 0 Å². The Kier molecular flexibility index (Phi) is 6.90. The van der Waals surface area contributed by atoms with Crippen molar-refractivity contribution >= 4 is 47.0 Å². The molecular formula is C14H19IN4OS. The largest absolute Gasteiger partial charge is 0.497 e. The molecule has 114 valence electrons. The Hall–Kier alpha value is -1.35. The molecule has 3 N–H and O–H groups in total. The Bertz CT molecular complexity index is 610. The fourth-order valence-electron chi connectivity index (χ4n) is 1.74. The molecule has 0 saturated carbocycles. The number of nitrogens with one attached hydrogen (secondary N) is 1. The fourth-order valence-corrected chi connectivity index (χ4v) is 2.57. The molecule has 0 radical (unpaired) electrons. The third-order valence-electron chi connectivity index (χ3n) is 2.76. The molecule has 0 aliphatic heterocycles. The van der Waals surface area contributed by atoms with Crippen LogP contribution in [0.25, 0.3) is 0 Å². The molecule has 0 fully saturated rings. The monoisotopic (exact) mass is 418 g/mol. The van der Waals surface area contributed by atoms with Crippen molar-refractivity contribution in [1.29, 1.82) is 0 Å². The number of aryl methyl sites for hydroxylation is 2. The van der Waals surface area contributed by atoms with Gasteiger partial charge in [0.15, 0.2) is 5.96 Å². The summed E-state index contributed by atoms with van der Waals surface area (Å²) in [6.07, 6.45) is 0. The van der Waals surface area contributed by atoms with Crippen molar-refractivity contribution in [3.63, 3.8) is 0 Å². The predicted molar refractivity (Wildman–Crippen MR) is 98.9 cm³/mol. The standard InChI is InChI=1S/C14H18N4OS.HI/c1-9-13(17-10(2)20-9)8-16-14(15)18-11-4-6-12(19-3)7-5-11;/h4-7H,8H2,1-3H3,(H3,15,16,18);1H. The van der Waals surface area contributed by atoms with E-state index < -0.39 is 0 Å². The second-order valence-corrected chi connectivity index (χ2v) is 5.70. The Labute approximate surface area is 145 Å². The second-order valence-electron chi connectivity index (χ2n) is 4.29. The van der Waals surface area contributed by atoms with Gasteiger partial charge in [-0.2, -0.15) is 0 Å². The highest BCUT2D eigenvalue weighted by atomic mass is 127. The van der Waals surface area contributed by atoms with Crippen LogP contribution in [0.4, 0.5) is 5.69 Å². The van der Waals surface area contributed by atoms with Crippen LogP contribution >= 0.6 is 35.3 Å². The molecule has 1 aromatic carbocycles. The fraction of sp³-hybridized carbons (Fsp3) is 0.286. The van der Waals surface area contributed by atoms with Gasteiger partial charge in [-0.25, -0.2) is 9.98 Å².